The minimum absolute atomic E-state index is 0.114. The number of carbonyl (C=O) groups excluding carboxylic acids is 1. The summed E-state index contributed by atoms with van der Waals surface area (Å²) < 4.78 is 0. The molecule has 0 fully saturated rings. The summed E-state index contributed by atoms with van der Waals surface area (Å²) in [7, 11) is 0. The summed E-state index contributed by atoms with van der Waals surface area (Å²) in [6.07, 6.45) is 0. The van der Waals surface area contributed by atoms with E-state index >= 15 is 0 Å². The van der Waals surface area contributed by atoms with Crippen molar-refractivity contribution in [1.29, 1.82) is 0 Å². The second-order valence-corrected chi connectivity index (χ2v) is 3.93. The van der Waals surface area contributed by atoms with Crippen molar-refractivity contribution in [3.8, 4) is 0 Å². The number of halogens is 2. The maximum atomic E-state index is 11.1. The highest BCUT2D eigenvalue weighted by Gasteiger charge is 2.04. The molecular weight excluding hydrogens is 296 g/mol. The first-order chi connectivity index (χ1) is 6.19. The molecule has 1 aromatic rings. The van der Waals surface area contributed by atoms with Crippen molar-refractivity contribution in [3.63, 3.8) is 0 Å². The quantitative estimate of drug-likeness (QED) is 0.615. The van der Waals surface area contributed by atoms with E-state index in [0.717, 1.165) is 16.2 Å². The summed E-state index contributed by atoms with van der Waals surface area (Å²) in [5.74, 6) is 0.114. The molecule has 0 amide bonds. The SMILES string of the molecule is CC(=O)c1ccc(CBr)c(CBr)c1. The van der Waals surface area contributed by atoms with E-state index in [2.05, 4.69) is 31.9 Å². The van der Waals surface area contributed by atoms with Gasteiger partial charge in [-0.05, 0) is 24.1 Å². The molecular formula is C10H10Br2O. The number of alkyl halides is 2. The largest absolute Gasteiger partial charge is 0.295 e. The van der Waals surface area contributed by atoms with Gasteiger partial charge < -0.3 is 0 Å². The summed E-state index contributed by atoms with van der Waals surface area (Å²) in [4.78, 5) is 11.1. The van der Waals surface area contributed by atoms with Crippen LogP contribution in [0.2, 0.25) is 0 Å². The number of Topliss-reactive ketones (excluding diaryl/α,β-unsaturated/α-hetero) is 1. The minimum Gasteiger partial charge on any atom is -0.295 e. The molecule has 0 bridgehead atoms. The summed E-state index contributed by atoms with van der Waals surface area (Å²) in [6.45, 7) is 1.58. The highest BCUT2D eigenvalue weighted by molar-refractivity contribution is 9.09. The summed E-state index contributed by atoms with van der Waals surface area (Å²) in [5.41, 5.74) is 3.17. The van der Waals surface area contributed by atoms with Gasteiger partial charge in [0, 0.05) is 16.2 Å². The molecule has 0 unspecified atom stereocenters. The maximum absolute atomic E-state index is 11.1. The zero-order chi connectivity index (χ0) is 9.84. The zero-order valence-corrected chi connectivity index (χ0v) is 10.5. The van der Waals surface area contributed by atoms with E-state index < -0.39 is 0 Å². The van der Waals surface area contributed by atoms with E-state index in [4.69, 9.17) is 0 Å². The Kier molecular flexibility index (Phi) is 4.13. The Morgan fingerprint density at radius 1 is 1.23 bits per heavy atom. The van der Waals surface area contributed by atoms with Gasteiger partial charge in [-0.3, -0.25) is 4.79 Å². The number of rotatable bonds is 3. The predicted molar refractivity (Wildman–Crippen MR) is 61.7 cm³/mol. The lowest BCUT2D eigenvalue weighted by Gasteiger charge is -2.05. The fraction of sp³-hybridized carbons (Fsp3) is 0.300. The Hall–Kier alpha value is -0.150. The van der Waals surface area contributed by atoms with Crippen molar-refractivity contribution in [3.05, 3.63) is 34.9 Å². The first kappa shape index (κ1) is 10.9. The van der Waals surface area contributed by atoms with Gasteiger partial charge in [0.25, 0.3) is 0 Å². The number of carbonyl (C=O) groups is 1. The van der Waals surface area contributed by atoms with Crippen LogP contribution in [0.4, 0.5) is 0 Å². The smallest absolute Gasteiger partial charge is 0.159 e. The molecule has 70 valence electrons. The molecule has 0 atom stereocenters. The Labute approximate surface area is 94.8 Å². The Balaban J connectivity index is 3.13. The normalized spacial score (nSPS) is 10.1. The molecule has 0 heterocycles. The molecule has 1 nitrogen and oxygen atoms in total. The number of ketones is 1. The van der Waals surface area contributed by atoms with Crippen molar-refractivity contribution >= 4 is 37.6 Å². The van der Waals surface area contributed by atoms with Gasteiger partial charge in [0.2, 0.25) is 0 Å². The van der Waals surface area contributed by atoms with Crippen LogP contribution in [0.1, 0.15) is 28.4 Å². The van der Waals surface area contributed by atoms with E-state index in [0.29, 0.717) is 0 Å². The topological polar surface area (TPSA) is 17.1 Å². The molecule has 0 saturated carbocycles. The van der Waals surface area contributed by atoms with Gasteiger partial charge in [-0.25, -0.2) is 0 Å². The average Bonchev–Trinajstić information content (AvgIpc) is 2.16. The van der Waals surface area contributed by atoms with Crippen molar-refractivity contribution < 1.29 is 4.79 Å². The molecule has 1 aromatic carbocycles. The van der Waals surface area contributed by atoms with Gasteiger partial charge >= 0.3 is 0 Å². The molecule has 0 radical (unpaired) electrons. The average molecular weight is 306 g/mol. The summed E-state index contributed by atoms with van der Waals surface area (Å²) in [6, 6.07) is 5.79. The predicted octanol–water partition coefficient (Wildman–Crippen LogP) is 3.68. The molecule has 0 N–H and O–H groups in total. The lowest BCUT2D eigenvalue weighted by atomic mass is 10.0. The standard InChI is InChI=1S/C10H10Br2O/c1-7(13)8-2-3-9(5-11)10(4-8)6-12/h2-4H,5-6H2,1H3. The fourth-order valence-corrected chi connectivity index (χ4v) is 2.17. The van der Waals surface area contributed by atoms with Gasteiger partial charge in [0.1, 0.15) is 0 Å². The van der Waals surface area contributed by atoms with E-state index in [9.17, 15) is 4.79 Å². The van der Waals surface area contributed by atoms with Gasteiger partial charge in [0.05, 0.1) is 0 Å². The third kappa shape index (κ3) is 2.64. The van der Waals surface area contributed by atoms with Crippen LogP contribution in [0, 0.1) is 0 Å². The van der Waals surface area contributed by atoms with E-state index in [1.807, 2.05) is 18.2 Å². The van der Waals surface area contributed by atoms with Crippen molar-refractivity contribution in [2.45, 2.75) is 17.6 Å². The molecule has 3 heteroatoms. The lowest BCUT2D eigenvalue weighted by molar-refractivity contribution is 0.101. The third-order valence-corrected chi connectivity index (χ3v) is 3.11. The Bertz CT molecular complexity index is 321. The number of hydrogen-bond acceptors (Lipinski definition) is 1. The van der Waals surface area contributed by atoms with Gasteiger partial charge in [-0.1, -0.05) is 44.0 Å². The molecule has 0 aliphatic carbocycles. The van der Waals surface area contributed by atoms with Crippen LogP contribution < -0.4 is 0 Å². The molecule has 0 aliphatic heterocycles. The Morgan fingerprint density at radius 2 is 1.85 bits per heavy atom. The molecule has 0 spiro atoms. The Morgan fingerprint density at radius 3 is 2.31 bits per heavy atom. The highest BCUT2D eigenvalue weighted by atomic mass is 79.9. The molecule has 1 rings (SSSR count). The lowest BCUT2D eigenvalue weighted by Crippen LogP contribution is -1.96. The highest BCUT2D eigenvalue weighted by Crippen LogP contribution is 2.18. The number of benzene rings is 1. The summed E-state index contributed by atoms with van der Waals surface area (Å²) in [5, 5.41) is 1.61. The van der Waals surface area contributed by atoms with Crippen LogP contribution in [0.15, 0.2) is 18.2 Å². The van der Waals surface area contributed by atoms with Gasteiger partial charge in [-0.15, -0.1) is 0 Å². The van der Waals surface area contributed by atoms with Crippen LogP contribution in [0.25, 0.3) is 0 Å². The molecule has 0 saturated heterocycles. The van der Waals surface area contributed by atoms with Crippen LogP contribution in [-0.2, 0) is 10.7 Å². The fourth-order valence-electron chi connectivity index (χ4n) is 1.10. The van der Waals surface area contributed by atoms with E-state index in [-0.39, 0.29) is 5.78 Å². The van der Waals surface area contributed by atoms with E-state index in [1.165, 1.54) is 11.1 Å². The zero-order valence-electron chi connectivity index (χ0n) is 7.31. The second-order valence-electron chi connectivity index (χ2n) is 2.81. The van der Waals surface area contributed by atoms with Gasteiger partial charge in [-0.2, -0.15) is 0 Å². The van der Waals surface area contributed by atoms with Crippen LogP contribution in [0.5, 0.6) is 0 Å². The first-order valence-electron chi connectivity index (χ1n) is 3.93. The van der Waals surface area contributed by atoms with Crippen molar-refractivity contribution in [1.82, 2.24) is 0 Å². The monoisotopic (exact) mass is 304 g/mol. The first-order valence-corrected chi connectivity index (χ1v) is 6.18. The minimum atomic E-state index is 0.114. The van der Waals surface area contributed by atoms with Crippen LogP contribution in [0.3, 0.4) is 0 Å². The summed E-state index contributed by atoms with van der Waals surface area (Å²) >= 11 is 6.81. The maximum Gasteiger partial charge on any atom is 0.159 e. The number of hydrogen-bond donors (Lipinski definition) is 0. The van der Waals surface area contributed by atoms with Crippen molar-refractivity contribution in [2.75, 3.05) is 0 Å². The second kappa shape index (κ2) is 4.91. The van der Waals surface area contributed by atoms with Crippen molar-refractivity contribution in [2.24, 2.45) is 0 Å². The molecule has 0 aliphatic rings. The van der Waals surface area contributed by atoms with Crippen LogP contribution >= 0.6 is 31.9 Å². The third-order valence-electron chi connectivity index (χ3n) is 1.90. The van der Waals surface area contributed by atoms with Crippen LogP contribution in [-0.4, -0.2) is 5.78 Å². The molecule has 0 aromatic heterocycles. The molecule has 13 heavy (non-hydrogen) atoms. The van der Waals surface area contributed by atoms with Gasteiger partial charge in [0.15, 0.2) is 5.78 Å². The van der Waals surface area contributed by atoms with E-state index in [1.54, 1.807) is 6.92 Å².